The average Bonchev–Trinajstić information content (AvgIpc) is 3.16. The highest BCUT2D eigenvalue weighted by Crippen LogP contribution is 2.45. The van der Waals surface area contributed by atoms with Crippen LogP contribution in [-0.4, -0.2) is 48.7 Å². The van der Waals surface area contributed by atoms with Gasteiger partial charge in [0.2, 0.25) is 10.0 Å². The van der Waals surface area contributed by atoms with Crippen molar-refractivity contribution in [3.8, 4) is 0 Å². The fraction of sp³-hybridized carbons (Fsp3) is 0.478. The van der Waals surface area contributed by atoms with Crippen molar-refractivity contribution in [1.29, 1.82) is 0 Å². The third kappa shape index (κ3) is 3.72. The topological polar surface area (TPSA) is 81.5 Å². The molecule has 2 heterocycles. The number of carbonyl (C=O) groups is 1. The average molecular weight is 444 g/mol. The molecule has 1 saturated heterocycles. The summed E-state index contributed by atoms with van der Waals surface area (Å²) in [5, 5.41) is 4.52. The fourth-order valence-electron chi connectivity index (χ4n) is 4.59. The first-order valence-electron chi connectivity index (χ1n) is 10.7. The molecule has 2 aromatic rings. The number of methoxy groups -OCH3 is 1. The lowest BCUT2D eigenvalue weighted by atomic mass is 9.69. The zero-order chi connectivity index (χ0) is 22.2. The van der Waals surface area contributed by atoms with Crippen LogP contribution in [0.3, 0.4) is 0 Å². The molecule has 31 heavy (non-hydrogen) atoms. The van der Waals surface area contributed by atoms with Crippen molar-refractivity contribution in [2.75, 3.05) is 20.2 Å². The van der Waals surface area contributed by atoms with Crippen LogP contribution in [0.5, 0.6) is 0 Å². The van der Waals surface area contributed by atoms with Crippen molar-refractivity contribution in [2.24, 2.45) is 5.41 Å². The molecule has 7 nitrogen and oxygen atoms in total. The van der Waals surface area contributed by atoms with E-state index in [-0.39, 0.29) is 11.4 Å². The molecule has 166 valence electrons. The SMILES string of the molecule is CCCCn1ncc2c1C=C1CCN(S(=O)(=O)c3ccc(C)cc3)CC1(C(=O)OC)C2. The molecule has 1 aromatic carbocycles. The molecule has 0 saturated carbocycles. The van der Waals surface area contributed by atoms with Crippen LogP contribution in [0.15, 0.2) is 40.9 Å². The molecule has 4 rings (SSSR count). The van der Waals surface area contributed by atoms with E-state index in [0.717, 1.165) is 41.8 Å². The van der Waals surface area contributed by atoms with E-state index in [9.17, 15) is 13.2 Å². The minimum Gasteiger partial charge on any atom is -0.468 e. The van der Waals surface area contributed by atoms with Crippen LogP contribution >= 0.6 is 0 Å². The number of sulfonamides is 1. The maximum atomic E-state index is 13.3. The second kappa shape index (κ2) is 8.24. The number of piperidine rings is 1. The van der Waals surface area contributed by atoms with Gasteiger partial charge in [0.25, 0.3) is 0 Å². The minimum atomic E-state index is -3.72. The molecule has 0 spiro atoms. The highest BCUT2D eigenvalue weighted by molar-refractivity contribution is 7.89. The number of rotatable bonds is 6. The van der Waals surface area contributed by atoms with Crippen molar-refractivity contribution >= 4 is 22.1 Å². The number of hydrogen-bond donors (Lipinski definition) is 0. The highest BCUT2D eigenvalue weighted by Gasteiger charge is 2.51. The first kappa shape index (κ1) is 21.8. The quantitative estimate of drug-likeness (QED) is 0.641. The summed E-state index contributed by atoms with van der Waals surface area (Å²) in [5.41, 5.74) is 2.89. The van der Waals surface area contributed by atoms with E-state index in [2.05, 4.69) is 12.0 Å². The Morgan fingerprint density at radius 2 is 2.00 bits per heavy atom. The summed E-state index contributed by atoms with van der Waals surface area (Å²) in [4.78, 5) is 13.3. The number of aryl methyl sites for hydroxylation is 2. The number of benzene rings is 1. The summed E-state index contributed by atoms with van der Waals surface area (Å²) >= 11 is 0. The Morgan fingerprint density at radius 3 is 2.68 bits per heavy atom. The Balaban J connectivity index is 1.71. The van der Waals surface area contributed by atoms with E-state index >= 15 is 0 Å². The standard InChI is InChI=1S/C23H29N3O4S/c1-4-5-11-26-21-13-19-10-12-25(31(28,29)20-8-6-17(2)7-9-20)16-23(19,22(27)30-3)14-18(21)15-24-26/h6-9,13,15H,4-5,10-12,14,16H2,1-3H3. The summed E-state index contributed by atoms with van der Waals surface area (Å²) in [6.45, 7) is 5.29. The molecule has 0 N–H and O–H groups in total. The van der Waals surface area contributed by atoms with Gasteiger partial charge in [-0.25, -0.2) is 8.42 Å². The lowest BCUT2D eigenvalue weighted by molar-refractivity contribution is -0.151. The monoisotopic (exact) mass is 443 g/mol. The Bertz CT molecular complexity index is 1120. The van der Waals surface area contributed by atoms with Gasteiger partial charge in [-0.05, 0) is 55.5 Å². The second-order valence-electron chi connectivity index (χ2n) is 8.45. The molecule has 1 unspecified atom stereocenters. The molecule has 8 heteroatoms. The molecule has 1 aromatic heterocycles. The van der Waals surface area contributed by atoms with Crippen LogP contribution in [0, 0.1) is 12.3 Å². The Kier molecular flexibility index (Phi) is 5.79. The minimum absolute atomic E-state index is 0.0707. The van der Waals surface area contributed by atoms with Gasteiger partial charge in [-0.15, -0.1) is 0 Å². The van der Waals surface area contributed by atoms with Crippen LogP contribution in [0.4, 0.5) is 0 Å². The molecule has 0 bridgehead atoms. The number of esters is 1. The van der Waals surface area contributed by atoms with Gasteiger partial charge in [-0.3, -0.25) is 9.48 Å². The molecule has 0 radical (unpaired) electrons. The first-order valence-corrected chi connectivity index (χ1v) is 12.2. The first-order chi connectivity index (χ1) is 14.8. The van der Waals surface area contributed by atoms with E-state index in [1.807, 2.05) is 17.7 Å². The van der Waals surface area contributed by atoms with Crippen LogP contribution in [0.25, 0.3) is 6.08 Å². The van der Waals surface area contributed by atoms with E-state index in [1.54, 1.807) is 30.5 Å². The van der Waals surface area contributed by atoms with Gasteiger partial charge in [0.05, 0.1) is 23.9 Å². The predicted octanol–water partition coefficient (Wildman–Crippen LogP) is 3.19. The van der Waals surface area contributed by atoms with Crippen LogP contribution < -0.4 is 0 Å². The lowest BCUT2D eigenvalue weighted by Gasteiger charge is -2.43. The van der Waals surface area contributed by atoms with Gasteiger partial charge < -0.3 is 4.74 Å². The van der Waals surface area contributed by atoms with E-state index < -0.39 is 21.4 Å². The largest absolute Gasteiger partial charge is 0.468 e. The lowest BCUT2D eigenvalue weighted by Crippen LogP contribution is -2.53. The third-order valence-corrected chi connectivity index (χ3v) is 8.27. The number of carbonyl (C=O) groups excluding carboxylic acids is 1. The number of unbranched alkanes of at least 4 members (excludes halogenated alkanes) is 1. The summed E-state index contributed by atoms with van der Waals surface area (Å²) in [5.74, 6) is -0.394. The normalized spacial score (nSPS) is 21.2. The van der Waals surface area contributed by atoms with Crippen molar-refractivity contribution in [2.45, 2.75) is 51.0 Å². The Labute approximate surface area is 183 Å². The van der Waals surface area contributed by atoms with Gasteiger partial charge >= 0.3 is 5.97 Å². The molecule has 1 atom stereocenters. The number of nitrogens with zero attached hydrogens (tertiary/aromatic N) is 3. The van der Waals surface area contributed by atoms with Crippen molar-refractivity contribution < 1.29 is 17.9 Å². The summed E-state index contributed by atoms with van der Waals surface area (Å²) in [6, 6.07) is 6.82. The van der Waals surface area contributed by atoms with E-state index in [0.29, 0.717) is 19.4 Å². The van der Waals surface area contributed by atoms with Crippen LogP contribution in [-0.2, 0) is 32.5 Å². The Hall–Kier alpha value is -2.45. The van der Waals surface area contributed by atoms with Gasteiger partial charge in [0, 0.05) is 19.6 Å². The van der Waals surface area contributed by atoms with E-state index in [4.69, 9.17) is 4.74 Å². The zero-order valence-electron chi connectivity index (χ0n) is 18.3. The summed E-state index contributed by atoms with van der Waals surface area (Å²) < 4.78 is 35.3. The van der Waals surface area contributed by atoms with Crippen molar-refractivity contribution in [3.63, 3.8) is 0 Å². The second-order valence-corrected chi connectivity index (χ2v) is 10.4. The van der Waals surface area contributed by atoms with Gasteiger partial charge in [0.15, 0.2) is 0 Å². The molecule has 1 aliphatic heterocycles. The Morgan fingerprint density at radius 1 is 1.26 bits per heavy atom. The van der Waals surface area contributed by atoms with Gasteiger partial charge in [-0.2, -0.15) is 9.40 Å². The fourth-order valence-corrected chi connectivity index (χ4v) is 6.09. The number of fused-ring (bicyclic) bond motifs is 2. The van der Waals surface area contributed by atoms with E-state index in [1.165, 1.54) is 11.4 Å². The van der Waals surface area contributed by atoms with Crippen molar-refractivity contribution in [1.82, 2.24) is 14.1 Å². The molecular formula is C23H29N3O4S. The molecule has 2 aliphatic rings. The smallest absolute Gasteiger partial charge is 0.317 e. The number of ether oxygens (including phenoxy) is 1. The highest BCUT2D eigenvalue weighted by atomic mass is 32.2. The molecule has 0 amide bonds. The molecule has 1 fully saturated rings. The number of aromatic nitrogens is 2. The summed E-state index contributed by atoms with van der Waals surface area (Å²) in [7, 11) is -2.35. The van der Waals surface area contributed by atoms with Crippen molar-refractivity contribution in [3.05, 3.63) is 52.9 Å². The van der Waals surface area contributed by atoms with Gasteiger partial charge in [0.1, 0.15) is 5.41 Å². The van der Waals surface area contributed by atoms with Gasteiger partial charge in [-0.1, -0.05) is 31.0 Å². The zero-order valence-corrected chi connectivity index (χ0v) is 19.1. The summed E-state index contributed by atoms with van der Waals surface area (Å²) in [6.07, 6.45) is 6.82. The molecule has 1 aliphatic carbocycles. The van der Waals surface area contributed by atoms with Crippen LogP contribution in [0.1, 0.15) is 43.0 Å². The molecular weight excluding hydrogens is 414 g/mol. The third-order valence-electron chi connectivity index (χ3n) is 6.41. The predicted molar refractivity (Wildman–Crippen MR) is 118 cm³/mol. The van der Waals surface area contributed by atoms with Crippen LogP contribution in [0.2, 0.25) is 0 Å². The maximum Gasteiger partial charge on any atom is 0.317 e. The maximum absolute atomic E-state index is 13.3. The number of hydrogen-bond acceptors (Lipinski definition) is 5.